The van der Waals surface area contributed by atoms with E-state index in [2.05, 4.69) is 5.32 Å². The third-order valence-corrected chi connectivity index (χ3v) is 3.57. The van der Waals surface area contributed by atoms with Crippen molar-refractivity contribution in [3.63, 3.8) is 0 Å². The number of benzene rings is 2. The van der Waals surface area contributed by atoms with Gasteiger partial charge in [0.25, 0.3) is 11.6 Å². The van der Waals surface area contributed by atoms with E-state index < -0.39 is 28.7 Å². The van der Waals surface area contributed by atoms with Gasteiger partial charge in [0.2, 0.25) is 0 Å². The summed E-state index contributed by atoms with van der Waals surface area (Å²) in [6.45, 7) is 1.34. The number of nitrogens with zero attached hydrogens (tertiary/aromatic N) is 1. The Hall–Kier alpha value is -3.75. The van der Waals surface area contributed by atoms with Crippen LogP contribution >= 0.6 is 0 Å². The minimum Gasteiger partial charge on any atom is -0.495 e. The molecule has 2 rings (SSSR count). The number of non-ortho nitro benzene ring substituents is 1. The minimum atomic E-state index is -1.19. The predicted molar refractivity (Wildman–Crippen MR) is 99.3 cm³/mol. The molecule has 9 heteroatoms. The van der Waals surface area contributed by atoms with Gasteiger partial charge < -0.3 is 14.8 Å². The van der Waals surface area contributed by atoms with Crippen LogP contribution in [0.1, 0.15) is 12.5 Å². The zero-order valence-corrected chi connectivity index (χ0v) is 15.0. The number of hydrogen-bond donors (Lipinski definition) is 1. The van der Waals surface area contributed by atoms with E-state index in [9.17, 15) is 24.1 Å². The van der Waals surface area contributed by atoms with Crippen molar-refractivity contribution in [1.82, 2.24) is 0 Å². The van der Waals surface area contributed by atoms with Crippen LogP contribution in [0.25, 0.3) is 6.08 Å². The number of ether oxygens (including phenoxy) is 2. The van der Waals surface area contributed by atoms with E-state index >= 15 is 0 Å². The average Bonchev–Trinajstić information content (AvgIpc) is 2.66. The molecule has 0 spiro atoms. The lowest BCUT2D eigenvalue weighted by Gasteiger charge is -2.14. The number of nitro benzene ring substituents is 1. The fourth-order valence-electron chi connectivity index (χ4n) is 2.18. The number of anilines is 1. The second kappa shape index (κ2) is 9.26. The van der Waals surface area contributed by atoms with E-state index in [1.165, 1.54) is 50.4 Å². The van der Waals surface area contributed by atoms with E-state index in [0.29, 0.717) is 5.56 Å². The van der Waals surface area contributed by atoms with Crippen molar-refractivity contribution in [3.05, 3.63) is 70.0 Å². The number of methoxy groups -OCH3 is 1. The minimum absolute atomic E-state index is 0.0694. The maximum atomic E-state index is 13.1. The molecule has 8 nitrogen and oxygen atoms in total. The van der Waals surface area contributed by atoms with Crippen LogP contribution in [0.5, 0.6) is 5.75 Å². The lowest BCUT2D eigenvalue weighted by Crippen LogP contribution is -2.29. The molecule has 0 aliphatic rings. The second-order valence-electron chi connectivity index (χ2n) is 5.60. The Morgan fingerprint density at radius 3 is 2.64 bits per heavy atom. The van der Waals surface area contributed by atoms with Crippen molar-refractivity contribution in [2.24, 2.45) is 0 Å². The molecule has 2 aromatic carbocycles. The molecule has 0 bridgehead atoms. The molecule has 1 amide bonds. The Bertz CT molecular complexity index is 928. The number of esters is 1. The Balaban J connectivity index is 2.01. The molecule has 0 saturated carbocycles. The van der Waals surface area contributed by atoms with E-state index in [4.69, 9.17) is 9.47 Å². The lowest BCUT2D eigenvalue weighted by atomic mass is 10.2. The number of rotatable bonds is 7. The Morgan fingerprint density at radius 1 is 1.25 bits per heavy atom. The first-order valence-corrected chi connectivity index (χ1v) is 8.07. The highest BCUT2D eigenvalue weighted by molar-refractivity contribution is 5.97. The molecule has 0 heterocycles. The van der Waals surface area contributed by atoms with Crippen molar-refractivity contribution < 1.29 is 28.4 Å². The number of nitrogens with one attached hydrogen (secondary N) is 1. The van der Waals surface area contributed by atoms with E-state index in [1.54, 1.807) is 6.07 Å². The summed E-state index contributed by atoms with van der Waals surface area (Å²) in [5.74, 6) is -1.75. The normalized spacial score (nSPS) is 11.7. The predicted octanol–water partition coefficient (Wildman–Crippen LogP) is 3.33. The van der Waals surface area contributed by atoms with Gasteiger partial charge in [0, 0.05) is 18.2 Å². The van der Waals surface area contributed by atoms with E-state index in [1.807, 2.05) is 0 Å². The fraction of sp³-hybridized carbons (Fsp3) is 0.158. The Kier molecular flexibility index (Phi) is 6.80. The molecule has 1 atom stereocenters. The molecule has 0 aliphatic carbocycles. The first-order valence-electron chi connectivity index (χ1n) is 8.07. The first-order chi connectivity index (χ1) is 13.3. The topological polar surface area (TPSA) is 108 Å². The van der Waals surface area contributed by atoms with Crippen molar-refractivity contribution in [2.45, 2.75) is 13.0 Å². The van der Waals surface area contributed by atoms with Crippen LogP contribution in [0.3, 0.4) is 0 Å². The first kappa shape index (κ1) is 20.6. The molecular formula is C19H17FN2O6. The summed E-state index contributed by atoms with van der Waals surface area (Å²) in [6.07, 6.45) is 1.22. The molecule has 1 N–H and O–H groups in total. The standard InChI is InChI=1S/C19H17FN2O6/c1-12(28-18(23)9-6-13-4-3-5-14(20)10-13)19(24)21-16-11-15(22(25)26)7-8-17(16)27-2/h3-12H,1-2H3,(H,21,24)/b9-6+/t12-/m1/s1. The molecular weight excluding hydrogens is 371 g/mol. The molecule has 0 fully saturated rings. The molecule has 0 radical (unpaired) electrons. The molecule has 2 aromatic rings. The summed E-state index contributed by atoms with van der Waals surface area (Å²) in [5.41, 5.74) is 0.286. The van der Waals surface area contributed by atoms with E-state index in [0.717, 1.165) is 12.1 Å². The fourth-order valence-corrected chi connectivity index (χ4v) is 2.18. The third kappa shape index (κ3) is 5.63. The summed E-state index contributed by atoms with van der Waals surface area (Å²) in [7, 11) is 1.34. The Morgan fingerprint density at radius 2 is 2.00 bits per heavy atom. The average molecular weight is 388 g/mol. The van der Waals surface area contributed by atoms with Crippen LogP contribution in [-0.2, 0) is 14.3 Å². The lowest BCUT2D eigenvalue weighted by molar-refractivity contribution is -0.384. The van der Waals surface area contributed by atoms with Gasteiger partial charge in [-0.25, -0.2) is 9.18 Å². The maximum Gasteiger partial charge on any atom is 0.331 e. The Labute approximate surface area is 159 Å². The number of carbonyl (C=O) groups is 2. The van der Waals surface area contributed by atoms with Crippen molar-refractivity contribution >= 4 is 29.3 Å². The zero-order valence-electron chi connectivity index (χ0n) is 15.0. The maximum absolute atomic E-state index is 13.1. The molecule has 146 valence electrons. The number of hydrogen-bond acceptors (Lipinski definition) is 6. The van der Waals surface area contributed by atoms with Crippen LogP contribution in [0.2, 0.25) is 0 Å². The third-order valence-electron chi connectivity index (χ3n) is 3.57. The highest BCUT2D eigenvalue weighted by Crippen LogP contribution is 2.29. The molecule has 0 unspecified atom stereocenters. The van der Waals surface area contributed by atoms with Gasteiger partial charge in [0.15, 0.2) is 6.10 Å². The summed E-state index contributed by atoms with van der Waals surface area (Å²) in [6, 6.07) is 9.29. The number of nitro groups is 1. The number of carbonyl (C=O) groups excluding carboxylic acids is 2. The van der Waals surface area contributed by atoms with Gasteiger partial charge in [0.1, 0.15) is 11.6 Å². The summed E-state index contributed by atoms with van der Waals surface area (Å²) in [5, 5.41) is 13.3. The quantitative estimate of drug-likeness (QED) is 0.337. The van der Waals surface area contributed by atoms with Crippen LogP contribution in [-0.4, -0.2) is 30.0 Å². The van der Waals surface area contributed by atoms with Crippen molar-refractivity contribution in [1.29, 1.82) is 0 Å². The highest BCUT2D eigenvalue weighted by Gasteiger charge is 2.20. The van der Waals surface area contributed by atoms with E-state index in [-0.39, 0.29) is 17.1 Å². The van der Waals surface area contributed by atoms with Crippen molar-refractivity contribution in [3.8, 4) is 5.75 Å². The second-order valence-corrected chi connectivity index (χ2v) is 5.60. The van der Waals surface area contributed by atoms with Gasteiger partial charge in [-0.05, 0) is 36.8 Å². The van der Waals surface area contributed by atoms with Crippen molar-refractivity contribution in [2.75, 3.05) is 12.4 Å². The largest absolute Gasteiger partial charge is 0.495 e. The zero-order chi connectivity index (χ0) is 20.7. The van der Waals surface area contributed by atoms with Crippen LogP contribution in [0.4, 0.5) is 15.8 Å². The van der Waals surface area contributed by atoms with Crippen LogP contribution < -0.4 is 10.1 Å². The highest BCUT2D eigenvalue weighted by atomic mass is 19.1. The number of amides is 1. The monoisotopic (exact) mass is 388 g/mol. The van der Waals surface area contributed by atoms with Crippen LogP contribution in [0, 0.1) is 15.9 Å². The molecule has 0 aliphatic heterocycles. The summed E-state index contributed by atoms with van der Waals surface area (Å²) >= 11 is 0. The SMILES string of the molecule is COc1ccc([N+](=O)[O-])cc1NC(=O)[C@@H](C)OC(=O)/C=C/c1cccc(F)c1. The van der Waals surface area contributed by atoms with Gasteiger partial charge in [-0.2, -0.15) is 0 Å². The van der Waals surface area contributed by atoms with Gasteiger partial charge in [-0.3, -0.25) is 14.9 Å². The smallest absolute Gasteiger partial charge is 0.331 e. The molecule has 0 saturated heterocycles. The van der Waals surface area contributed by atoms with Gasteiger partial charge in [-0.15, -0.1) is 0 Å². The van der Waals surface area contributed by atoms with Gasteiger partial charge in [-0.1, -0.05) is 12.1 Å². The number of halogens is 1. The van der Waals surface area contributed by atoms with Gasteiger partial charge in [0.05, 0.1) is 17.7 Å². The van der Waals surface area contributed by atoms with Gasteiger partial charge >= 0.3 is 5.97 Å². The van der Waals surface area contributed by atoms with Crippen LogP contribution in [0.15, 0.2) is 48.5 Å². The summed E-state index contributed by atoms with van der Waals surface area (Å²) in [4.78, 5) is 34.3. The summed E-state index contributed by atoms with van der Waals surface area (Å²) < 4.78 is 23.1. The molecule has 0 aromatic heterocycles. The molecule has 28 heavy (non-hydrogen) atoms.